The van der Waals surface area contributed by atoms with Crippen molar-refractivity contribution in [2.24, 2.45) is 0 Å². The van der Waals surface area contributed by atoms with Crippen LogP contribution in [0.25, 0.3) is 0 Å². The molecule has 0 bridgehead atoms. The highest BCUT2D eigenvalue weighted by atomic mass is 32.3. The van der Waals surface area contributed by atoms with E-state index >= 15 is 0 Å². The third kappa shape index (κ3) is 3.83. The normalized spacial score (nSPS) is 27.2. The SMILES string of the molecule is CCNCC(=O)NC1CCS(O)(O)C1. The van der Waals surface area contributed by atoms with E-state index in [4.69, 9.17) is 0 Å². The zero-order chi connectivity index (χ0) is 10.6. The lowest BCUT2D eigenvalue weighted by molar-refractivity contribution is -0.120. The molecule has 1 rings (SSSR count). The molecular formula is C8H18N2O3S. The molecule has 14 heavy (non-hydrogen) atoms. The average Bonchev–Trinajstić information content (AvgIpc) is 2.42. The van der Waals surface area contributed by atoms with Gasteiger partial charge < -0.3 is 10.6 Å². The molecule has 0 aliphatic carbocycles. The van der Waals surface area contributed by atoms with Crippen LogP contribution >= 0.6 is 10.6 Å². The van der Waals surface area contributed by atoms with Crippen LogP contribution in [0, 0.1) is 0 Å². The summed E-state index contributed by atoms with van der Waals surface area (Å²) in [5.74, 6) is 0.651. The molecule has 6 heteroatoms. The van der Waals surface area contributed by atoms with Gasteiger partial charge in [-0.2, -0.15) is 10.6 Å². The smallest absolute Gasteiger partial charge is 0.234 e. The molecule has 1 aliphatic heterocycles. The highest BCUT2D eigenvalue weighted by molar-refractivity contribution is 8.24. The molecule has 0 aromatic rings. The van der Waals surface area contributed by atoms with Gasteiger partial charge in [0.1, 0.15) is 0 Å². The molecular weight excluding hydrogens is 204 g/mol. The van der Waals surface area contributed by atoms with Crippen LogP contribution in [0.15, 0.2) is 0 Å². The van der Waals surface area contributed by atoms with Gasteiger partial charge in [-0.3, -0.25) is 13.9 Å². The average molecular weight is 222 g/mol. The molecule has 1 aliphatic rings. The fourth-order valence-corrected chi connectivity index (χ4v) is 3.17. The van der Waals surface area contributed by atoms with E-state index in [-0.39, 0.29) is 11.9 Å². The van der Waals surface area contributed by atoms with Gasteiger partial charge in [-0.05, 0) is 13.0 Å². The van der Waals surface area contributed by atoms with Crippen molar-refractivity contribution in [3.05, 3.63) is 0 Å². The fourth-order valence-electron chi connectivity index (χ4n) is 1.45. The molecule has 0 saturated carbocycles. The van der Waals surface area contributed by atoms with Gasteiger partial charge in [-0.25, -0.2) is 0 Å². The molecule has 4 N–H and O–H groups in total. The minimum atomic E-state index is -2.40. The van der Waals surface area contributed by atoms with Crippen molar-refractivity contribution < 1.29 is 13.9 Å². The number of carbonyl (C=O) groups is 1. The molecule has 0 spiro atoms. The molecule has 0 radical (unpaired) electrons. The van der Waals surface area contributed by atoms with Gasteiger partial charge in [0.15, 0.2) is 0 Å². The van der Waals surface area contributed by atoms with Crippen molar-refractivity contribution >= 4 is 16.5 Å². The number of nitrogens with one attached hydrogen (secondary N) is 2. The van der Waals surface area contributed by atoms with Crippen molar-refractivity contribution in [1.82, 2.24) is 10.6 Å². The van der Waals surface area contributed by atoms with Crippen molar-refractivity contribution in [2.75, 3.05) is 24.6 Å². The first-order valence-corrected chi connectivity index (χ1v) is 6.65. The quantitative estimate of drug-likeness (QED) is 0.549. The van der Waals surface area contributed by atoms with Crippen LogP contribution < -0.4 is 10.6 Å². The first kappa shape index (κ1) is 11.8. The summed E-state index contributed by atoms with van der Waals surface area (Å²) in [6.45, 7) is 2.99. The first-order valence-electron chi connectivity index (χ1n) is 4.77. The molecule has 1 unspecified atom stereocenters. The molecule has 84 valence electrons. The third-order valence-corrected chi connectivity index (χ3v) is 3.99. The minimum absolute atomic E-state index is 0.0637. The van der Waals surface area contributed by atoms with Crippen LogP contribution in [0.2, 0.25) is 0 Å². The van der Waals surface area contributed by atoms with E-state index in [1.807, 2.05) is 6.92 Å². The van der Waals surface area contributed by atoms with Crippen LogP contribution in [0.5, 0.6) is 0 Å². The Balaban J connectivity index is 2.22. The van der Waals surface area contributed by atoms with Crippen LogP contribution in [-0.4, -0.2) is 45.6 Å². The van der Waals surface area contributed by atoms with Crippen molar-refractivity contribution in [2.45, 2.75) is 19.4 Å². The molecule has 1 fully saturated rings. The predicted molar refractivity (Wildman–Crippen MR) is 57.7 cm³/mol. The van der Waals surface area contributed by atoms with Crippen LogP contribution in [0.4, 0.5) is 0 Å². The second kappa shape index (κ2) is 4.97. The van der Waals surface area contributed by atoms with Crippen LogP contribution in [-0.2, 0) is 4.79 Å². The first-order chi connectivity index (χ1) is 6.53. The topological polar surface area (TPSA) is 81.6 Å². The van der Waals surface area contributed by atoms with Crippen LogP contribution in [0.3, 0.4) is 0 Å². The third-order valence-electron chi connectivity index (χ3n) is 2.16. The maximum Gasteiger partial charge on any atom is 0.234 e. The fraction of sp³-hybridized carbons (Fsp3) is 0.875. The Kier molecular flexibility index (Phi) is 4.18. The zero-order valence-corrected chi connectivity index (χ0v) is 9.14. The van der Waals surface area contributed by atoms with Gasteiger partial charge in [0, 0.05) is 11.8 Å². The Hall–Kier alpha value is -0.300. The number of likely N-dealkylation sites (N-methyl/N-ethyl adjacent to an activating group) is 1. The number of rotatable bonds is 4. The highest BCUT2D eigenvalue weighted by Gasteiger charge is 2.28. The van der Waals surface area contributed by atoms with Gasteiger partial charge in [0.05, 0.1) is 12.3 Å². The Bertz CT molecular complexity index is 211. The maximum atomic E-state index is 11.2. The maximum absolute atomic E-state index is 11.2. The monoisotopic (exact) mass is 222 g/mol. The number of carbonyl (C=O) groups excluding carboxylic acids is 1. The lowest BCUT2D eigenvalue weighted by Gasteiger charge is -2.26. The lowest BCUT2D eigenvalue weighted by atomic mass is 10.2. The minimum Gasteiger partial charge on any atom is -0.351 e. The van der Waals surface area contributed by atoms with E-state index in [1.165, 1.54) is 0 Å². The van der Waals surface area contributed by atoms with E-state index in [0.29, 0.717) is 24.5 Å². The Labute approximate surface area is 85.6 Å². The van der Waals surface area contributed by atoms with Gasteiger partial charge in [-0.15, -0.1) is 0 Å². The lowest BCUT2D eigenvalue weighted by Crippen LogP contribution is -2.40. The zero-order valence-electron chi connectivity index (χ0n) is 8.32. The highest BCUT2D eigenvalue weighted by Crippen LogP contribution is 2.45. The summed E-state index contributed by atoms with van der Waals surface area (Å²) < 4.78 is 18.7. The molecule has 5 nitrogen and oxygen atoms in total. The summed E-state index contributed by atoms with van der Waals surface area (Å²) in [5.41, 5.74) is 0. The van der Waals surface area contributed by atoms with Crippen LogP contribution in [0.1, 0.15) is 13.3 Å². The van der Waals surface area contributed by atoms with Crippen molar-refractivity contribution in [3.8, 4) is 0 Å². The second-order valence-corrected chi connectivity index (χ2v) is 5.85. The van der Waals surface area contributed by atoms with E-state index in [1.54, 1.807) is 0 Å². The Morgan fingerprint density at radius 3 is 2.79 bits per heavy atom. The summed E-state index contributed by atoms with van der Waals surface area (Å²) >= 11 is 0. The summed E-state index contributed by atoms with van der Waals surface area (Å²) in [7, 11) is -2.40. The summed E-state index contributed by atoms with van der Waals surface area (Å²) in [4.78, 5) is 11.2. The molecule has 1 saturated heterocycles. The van der Waals surface area contributed by atoms with Gasteiger partial charge >= 0.3 is 0 Å². The van der Waals surface area contributed by atoms with E-state index < -0.39 is 10.6 Å². The molecule has 0 aromatic carbocycles. The standard InChI is InChI=1S/C8H18N2O3S/c1-2-9-5-8(11)10-7-3-4-14(12,13)6-7/h7,9,12-13H,2-6H2,1H3,(H,10,11). The predicted octanol–water partition coefficient (Wildman–Crippen LogP) is 0.235. The van der Waals surface area contributed by atoms with E-state index in [2.05, 4.69) is 10.6 Å². The summed E-state index contributed by atoms with van der Waals surface area (Å²) in [6.07, 6.45) is 0.667. The largest absolute Gasteiger partial charge is 0.351 e. The molecule has 1 heterocycles. The Morgan fingerprint density at radius 2 is 2.29 bits per heavy atom. The van der Waals surface area contributed by atoms with Crippen molar-refractivity contribution in [3.63, 3.8) is 0 Å². The summed E-state index contributed by atoms with van der Waals surface area (Å²) in [5, 5.41) is 5.68. The Morgan fingerprint density at radius 1 is 1.57 bits per heavy atom. The van der Waals surface area contributed by atoms with E-state index in [9.17, 15) is 13.9 Å². The van der Waals surface area contributed by atoms with Gasteiger partial charge in [0.25, 0.3) is 0 Å². The van der Waals surface area contributed by atoms with Gasteiger partial charge in [0.2, 0.25) is 5.91 Å². The molecule has 1 amide bonds. The van der Waals surface area contributed by atoms with Crippen molar-refractivity contribution in [1.29, 1.82) is 0 Å². The molecule has 0 aromatic heterocycles. The number of hydrogen-bond donors (Lipinski definition) is 4. The number of hydrogen-bond acceptors (Lipinski definition) is 4. The van der Waals surface area contributed by atoms with Gasteiger partial charge in [-0.1, -0.05) is 6.92 Å². The molecule has 1 atom stereocenters. The second-order valence-electron chi connectivity index (χ2n) is 3.51. The summed E-state index contributed by atoms with van der Waals surface area (Å²) in [6, 6.07) is -0.0637. The van der Waals surface area contributed by atoms with E-state index in [0.717, 1.165) is 6.54 Å². The number of amides is 1.